The first-order valence-corrected chi connectivity index (χ1v) is 6.94. The molecule has 118 valence electrons. The second-order valence-corrected chi connectivity index (χ2v) is 5.39. The highest BCUT2D eigenvalue weighted by Gasteiger charge is 2.39. The molecule has 1 aromatic carbocycles. The molecule has 1 aliphatic carbocycles. The number of nitrogens with zero attached hydrogens (tertiary/aromatic N) is 3. The molecule has 2 N–H and O–H groups in total. The van der Waals surface area contributed by atoms with Crippen LogP contribution in [0.4, 0.5) is 5.69 Å². The second kappa shape index (κ2) is 6.02. The minimum atomic E-state index is -0.503. The highest BCUT2D eigenvalue weighted by Crippen LogP contribution is 2.38. The molecule has 0 atom stereocenters. The minimum Gasteiger partial charge on any atom is -0.334 e. The SMILES string of the molecule is CCc1ccc(-c2nc(C3(N)CCC3)no2)cc1[N+](=O)[O-].Cl. The fraction of sp³-hybridized carbons (Fsp3) is 0.429. The lowest BCUT2D eigenvalue weighted by Gasteiger charge is -2.34. The number of nitrogens with two attached hydrogens (primary N) is 1. The summed E-state index contributed by atoms with van der Waals surface area (Å²) in [6, 6.07) is 4.95. The highest BCUT2D eigenvalue weighted by molar-refractivity contribution is 5.85. The van der Waals surface area contributed by atoms with Gasteiger partial charge in [-0.15, -0.1) is 12.4 Å². The van der Waals surface area contributed by atoms with Crippen molar-refractivity contribution in [2.75, 3.05) is 0 Å². The zero-order chi connectivity index (χ0) is 15.0. The lowest BCUT2D eigenvalue weighted by molar-refractivity contribution is -0.385. The highest BCUT2D eigenvalue weighted by atomic mass is 35.5. The molecule has 0 amide bonds. The third-order valence-electron chi connectivity index (χ3n) is 4.03. The third kappa shape index (κ3) is 2.69. The van der Waals surface area contributed by atoms with Crippen molar-refractivity contribution in [3.63, 3.8) is 0 Å². The van der Waals surface area contributed by atoms with Gasteiger partial charge in [-0.3, -0.25) is 10.1 Å². The lowest BCUT2D eigenvalue weighted by atomic mass is 9.77. The zero-order valence-electron chi connectivity index (χ0n) is 12.1. The van der Waals surface area contributed by atoms with Crippen molar-refractivity contribution in [2.45, 2.75) is 38.1 Å². The van der Waals surface area contributed by atoms with Crippen LogP contribution < -0.4 is 5.73 Å². The average molecular weight is 325 g/mol. The predicted octanol–water partition coefficient (Wildman–Crippen LogP) is 2.97. The summed E-state index contributed by atoms with van der Waals surface area (Å²) < 4.78 is 5.22. The van der Waals surface area contributed by atoms with Gasteiger partial charge in [-0.2, -0.15) is 4.98 Å². The Balaban J connectivity index is 0.00000176. The fourth-order valence-electron chi connectivity index (χ4n) is 2.49. The van der Waals surface area contributed by atoms with Gasteiger partial charge in [0.05, 0.1) is 10.5 Å². The molecular formula is C14H17ClN4O3. The molecule has 22 heavy (non-hydrogen) atoms. The van der Waals surface area contributed by atoms with Crippen molar-refractivity contribution in [1.29, 1.82) is 0 Å². The van der Waals surface area contributed by atoms with Crippen LogP contribution in [0, 0.1) is 10.1 Å². The summed E-state index contributed by atoms with van der Waals surface area (Å²) in [5.74, 6) is 0.749. The largest absolute Gasteiger partial charge is 0.334 e. The molecule has 1 fully saturated rings. The Morgan fingerprint density at radius 2 is 2.18 bits per heavy atom. The van der Waals surface area contributed by atoms with E-state index in [1.54, 1.807) is 12.1 Å². The van der Waals surface area contributed by atoms with Crippen LogP contribution in [0.25, 0.3) is 11.5 Å². The molecule has 0 bridgehead atoms. The van der Waals surface area contributed by atoms with Crippen LogP contribution in [0.5, 0.6) is 0 Å². The van der Waals surface area contributed by atoms with Crippen LogP contribution in [-0.4, -0.2) is 15.1 Å². The molecule has 0 aliphatic heterocycles. The molecule has 2 aromatic rings. The van der Waals surface area contributed by atoms with E-state index in [1.165, 1.54) is 6.07 Å². The van der Waals surface area contributed by atoms with Gasteiger partial charge in [0.15, 0.2) is 5.82 Å². The molecular weight excluding hydrogens is 308 g/mol. The van der Waals surface area contributed by atoms with Gasteiger partial charge in [0, 0.05) is 17.2 Å². The Hall–Kier alpha value is -1.99. The topological polar surface area (TPSA) is 108 Å². The van der Waals surface area contributed by atoms with Crippen LogP contribution in [0.1, 0.15) is 37.6 Å². The summed E-state index contributed by atoms with van der Waals surface area (Å²) >= 11 is 0. The van der Waals surface area contributed by atoms with Crippen molar-refractivity contribution in [1.82, 2.24) is 10.1 Å². The van der Waals surface area contributed by atoms with Gasteiger partial charge in [-0.1, -0.05) is 18.1 Å². The normalized spacial score (nSPS) is 15.7. The number of hydrogen-bond donors (Lipinski definition) is 1. The Bertz CT molecular complexity index is 697. The van der Waals surface area contributed by atoms with Crippen molar-refractivity contribution >= 4 is 18.1 Å². The summed E-state index contributed by atoms with van der Waals surface area (Å²) in [5, 5.41) is 15.0. The molecule has 3 rings (SSSR count). The van der Waals surface area contributed by atoms with Gasteiger partial charge < -0.3 is 10.3 Å². The van der Waals surface area contributed by atoms with E-state index in [1.807, 2.05) is 6.92 Å². The van der Waals surface area contributed by atoms with Crippen LogP contribution in [0.2, 0.25) is 0 Å². The first-order chi connectivity index (χ1) is 10.0. The van der Waals surface area contributed by atoms with E-state index >= 15 is 0 Å². The molecule has 7 nitrogen and oxygen atoms in total. The maximum absolute atomic E-state index is 11.1. The Kier molecular flexibility index (Phi) is 4.48. The fourth-order valence-corrected chi connectivity index (χ4v) is 2.49. The van der Waals surface area contributed by atoms with E-state index < -0.39 is 10.5 Å². The Morgan fingerprint density at radius 1 is 1.45 bits per heavy atom. The Morgan fingerprint density at radius 3 is 2.73 bits per heavy atom. The van der Waals surface area contributed by atoms with Gasteiger partial charge in [-0.05, 0) is 31.7 Å². The summed E-state index contributed by atoms with van der Waals surface area (Å²) in [5.41, 5.74) is 6.93. The molecule has 0 radical (unpaired) electrons. The molecule has 1 aliphatic rings. The number of aryl methyl sites for hydroxylation is 1. The predicted molar refractivity (Wildman–Crippen MR) is 82.7 cm³/mol. The molecule has 0 saturated heterocycles. The number of aromatic nitrogens is 2. The van der Waals surface area contributed by atoms with Crippen molar-refractivity contribution in [3.8, 4) is 11.5 Å². The first-order valence-electron chi connectivity index (χ1n) is 6.94. The minimum absolute atomic E-state index is 0. The summed E-state index contributed by atoms with van der Waals surface area (Å²) in [4.78, 5) is 15.0. The van der Waals surface area contributed by atoms with E-state index in [0.29, 0.717) is 23.4 Å². The standard InChI is InChI=1S/C14H16N4O3.ClH/c1-2-9-4-5-10(8-11(9)18(19)20)12-16-13(17-21-12)14(15)6-3-7-14;/h4-5,8H,2-3,6-7,15H2,1H3;1H. The molecule has 1 aromatic heterocycles. The van der Waals surface area contributed by atoms with Gasteiger partial charge in [0.2, 0.25) is 0 Å². The monoisotopic (exact) mass is 324 g/mol. The molecule has 0 spiro atoms. The number of hydrogen-bond acceptors (Lipinski definition) is 6. The molecule has 8 heteroatoms. The van der Waals surface area contributed by atoms with Gasteiger partial charge in [0.1, 0.15) is 0 Å². The van der Waals surface area contributed by atoms with E-state index in [4.69, 9.17) is 10.3 Å². The van der Waals surface area contributed by atoms with Crippen LogP contribution >= 0.6 is 12.4 Å². The molecule has 1 heterocycles. The smallest absolute Gasteiger partial charge is 0.273 e. The number of nitro groups is 1. The number of halogens is 1. The van der Waals surface area contributed by atoms with Crippen molar-refractivity contribution < 1.29 is 9.45 Å². The zero-order valence-corrected chi connectivity index (χ0v) is 12.9. The summed E-state index contributed by atoms with van der Waals surface area (Å²) in [6.07, 6.45) is 3.32. The first kappa shape index (κ1) is 16.4. The van der Waals surface area contributed by atoms with Crippen LogP contribution in [-0.2, 0) is 12.0 Å². The van der Waals surface area contributed by atoms with E-state index in [2.05, 4.69) is 10.1 Å². The Labute approximate surface area is 133 Å². The third-order valence-corrected chi connectivity index (χ3v) is 4.03. The average Bonchev–Trinajstić information content (AvgIpc) is 2.94. The van der Waals surface area contributed by atoms with Crippen molar-refractivity contribution in [2.24, 2.45) is 5.73 Å². The van der Waals surface area contributed by atoms with Crippen LogP contribution in [0.3, 0.4) is 0 Å². The number of nitro benzene ring substituents is 1. The van der Waals surface area contributed by atoms with Gasteiger partial charge >= 0.3 is 0 Å². The summed E-state index contributed by atoms with van der Waals surface area (Å²) in [7, 11) is 0. The van der Waals surface area contributed by atoms with Gasteiger partial charge in [-0.25, -0.2) is 0 Å². The van der Waals surface area contributed by atoms with E-state index in [0.717, 1.165) is 19.3 Å². The lowest BCUT2D eigenvalue weighted by Crippen LogP contribution is -2.44. The quantitative estimate of drug-likeness (QED) is 0.684. The van der Waals surface area contributed by atoms with Crippen LogP contribution in [0.15, 0.2) is 22.7 Å². The maximum Gasteiger partial charge on any atom is 0.273 e. The molecule has 1 saturated carbocycles. The van der Waals surface area contributed by atoms with E-state index in [9.17, 15) is 10.1 Å². The van der Waals surface area contributed by atoms with Crippen molar-refractivity contribution in [3.05, 3.63) is 39.7 Å². The maximum atomic E-state index is 11.1. The molecule has 0 unspecified atom stereocenters. The summed E-state index contributed by atoms with van der Waals surface area (Å²) in [6.45, 7) is 1.88. The number of benzene rings is 1. The van der Waals surface area contributed by atoms with Gasteiger partial charge in [0.25, 0.3) is 11.6 Å². The second-order valence-electron chi connectivity index (χ2n) is 5.39. The number of rotatable bonds is 4. The van der Waals surface area contributed by atoms with E-state index in [-0.39, 0.29) is 24.0 Å².